The molecular formula is C13H20N2. The fourth-order valence-corrected chi connectivity index (χ4v) is 2.18. The lowest BCUT2D eigenvalue weighted by atomic mass is 9.93. The molecule has 0 heterocycles. The van der Waals surface area contributed by atoms with Crippen molar-refractivity contribution in [2.24, 2.45) is 5.84 Å². The van der Waals surface area contributed by atoms with Crippen molar-refractivity contribution in [3.63, 3.8) is 0 Å². The van der Waals surface area contributed by atoms with Crippen LogP contribution in [0.2, 0.25) is 0 Å². The van der Waals surface area contributed by atoms with Crippen molar-refractivity contribution in [3.05, 3.63) is 47.0 Å². The summed E-state index contributed by atoms with van der Waals surface area (Å²) in [6.45, 7) is 10.1. The van der Waals surface area contributed by atoms with Gasteiger partial charge in [-0.15, -0.1) is 6.58 Å². The summed E-state index contributed by atoms with van der Waals surface area (Å²) >= 11 is 0. The van der Waals surface area contributed by atoms with Crippen LogP contribution in [0.4, 0.5) is 0 Å². The summed E-state index contributed by atoms with van der Waals surface area (Å²) in [5, 5.41) is 0. The van der Waals surface area contributed by atoms with Crippen LogP contribution in [0.25, 0.3) is 0 Å². The minimum absolute atomic E-state index is 0.170. The Morgan fingerprint density at radius 1 is 1.33 bits per heavy atom. The lowest BCUT2D eigenvalue weighted by Gasteiger charge is -2.20. The molecule has 0 fully saturated rings. The maximum atomic E-state index is 5.57. The fraction of sp³-hybridized carbons (Fsp3) is 0.385. The van der Waals surface area contributed by atoms with Crippen molar-refractivity contribution in [1.29, 1.82) is 0 Å². The molecule has 0 saturated carbocycles. The molecule has 2 nitrogen and oxygen atoms in total. The Bertz CT molecular complexity index is 333. The molecule has 1 rings (SSSR count). The van der Waals surface area contributed by atoms with Gasteiger partial charge in [0.1, 0.15) is 0 Å². The zero-order valence-corrected chi connectivity index (χ0v) is 9.80. The number of aryl methyl sites for hydroxylation is 3. The van der Waals surface area contributed by atoms with Crippen molar-refractivity contribution in [2.45, 2.75) is 33.2 Å². The topological polar surface area (TPSA) is 38.0 Å². The van der Waals surface area contributed by atoms with Crippen molar-refractivity contribution >= 4 is 0 Å². The van der Waals surface area contributed by atoms with E-state index in [9.17, 15) is 0 Å². The molecule has 1 aromatic rings. The molecule has 0 aliphatic heterocycles. The van der Waals surface area contributed by atoms with E-state index in [0.717, 1.165) is 6.42 Å². The molecule has 0 bridgehead atoms. The third-order valence-corrected chi connectivity index (χ3v) is 2.69. The molecule has 0 amide bonds. The Kier molecular flexibility index (Phi) is 4.06. The molecule has 3 N–H and O–H groups in total. The Morgan fingerprint density at radius 3 is 2.27 bits per heavy atom. The fourth-order valence-electron chi connectivity index (χ4n) is 2.18. The highest BCUT2D eigenvalue weighted by Gasteiger charge is 2.13. The van der Waals surface area contributed by atoms with Crippen LogP contribution in [0.1, 0.15) is 34.7 Å². The van der Waals surface area contributed by atoms with Crippen LogP contribution in [0.15, 0.2) is 24.8 Å². The Hall–Kier alpha value is -1.12. The van der Waals surface area contributed by atoms with Crippen LogP contribution in [0.3, 0.4) is 0 Å². The van der Waals surface area contributed by atoms with Gasteiger partial charge in [0.15, 0.2) is 0 Å². The maximum Gasteiger partial charge on any atom is 0.0499 e. The van der Waals surface area contributed by atoms with Crippen LogP contribution in [0.5, 0.6) is 0 Å². The minimum atomic E-state index is 0.170. The molecule has 1 atom stereocenters. The van der Waals surface area contributed by atoms with Gasteiger partial charge in [-0.3, -0.25) is 11.3 Å². The number of hydrazine groups is 1. The molecule has 0 spiro atoms. The van der Waals surface area contributed by atoms with Crippen LogP contribution >= 0.6 is 0 Å². The first kappa shape index (κ1) is 12.0. The summed E-state index contributed by atoms with van der Waals surface area (Å²) in [6.07, 6.45) is 2.74. The third-order valence-electron chi connectivity index (χ3n) is 2.69. The molecule has 0 aromatic heterocycles. The highest BCUT2D eigenvalue weighted by Crippen LogP contribution is 2.25. The zero-order valence-electron chi connectivity index (χ0n) is 9.80. The Labute approximate surface area is 92.2 Å². The normalized spacial score (nSPS) is 12.5. The molecule has 1 aromatic carbocycles. The average molecular weight is 204 g/mol. The van der Waals surface area contributed by atoms with E-state index in [0.29, 0.717) is 0 Å². The van der Waals surface area contributed by atoms with Gasteiger partial charge in [-0.2, -0.15) is 0 Å². The summed E-state index contributed by atoms with van der Waals surface area (Å²) in [6, 6.07) is 4.55. The second kappa shape index (κ2) is 5.10. The van der Waals surface area contributed by atoms with E-state index < -0.39 is 0 Å². The van der Waals surface area contributed by atoms with E-state index >= 15 is 0 Å². The van der Waals surface area contributed by atoms with Crippen LogP contribution < -0.4 is 11.3 Å². The van der Waals surface area contributed by atoms with Gasteiger partial charge in [-0.05, 0) is 43.9 Å². The highest BCUT2D eigenvalue weighted by molar-refractivity contribution is 5.39. The van der Waals surface area contributed by atoms with Gasteiger partial charge in [-0.25, -0.2) is 0 Å². The molecule has 0 aliphatic carbocycles. The van der Waals surface area contributed by atoms with Gasteiger partial charge in [0.05, 0.1) is 0 Å². The monoisotopic (exact) mass is 204 g/mol. The van der Waals surface area contributed by atoms with Crippen molar-refractivity contribution in [2.75, 3.05) is 0 Å². The van der Waals surface area contributed by atoms with Gasteiger partial charge in [0.25, 0.3) is 0 Å². The van der Waals surface area contributed by atoms with Crippen LogP contribution in [-0.4, -0.2) is 0 Å². The lowest BCUT2D eigenvalue weighted by Crippen LogP contribution is -2.28. The number of nitrogens with one attached hydrogen (secondary N) is 1. The van der Waals surface area contributed by atoms with E-state index in [1.54, 1.807) is 0 Å². The first-order chi connectivity index (χ1) is 7.10. The van der Waals surface area contributed by atoms with E-state index in [2.05, 4.69) is 44.9 Å². The Balaban J connectivity index is 3.16. The second-order valence-electron chi connectivity index (χ2n) is 4.06. The summed E-state index contributed by atoms with van der Waals surface area (Å²) in [5.74, 6) is 5.57. The minimum Gasteiger partial charge on any atom is -0.271 e. The number of benzene rings is 1. The Morgan fingerprint density at radius 2 is 1.87 bits per heavy atom. The molecule has 0 radical (unpaired) electrons. The quantitative estimate of drug-likeness (QED) is 0.449. The zero-order chi connectivity index (χ0) is 11.4. The average Bonchev–Trinajstić information content (AvgIpc) is 2.14. The molecule has 2 heteroatoms. The largest absolute Gasteiger partial charge is 0.271 e. The van der Waals surface area contributed by atoms with Crippen molar-refractivity contribution < 1.29 is 0 Å². The van der Waals surface area contributed by atoms with E-state index in [1.165, 1.54) is 22.3 Å². The predicted molar refractivity (Wildman–Crippen MR) is 65.5 cm³/mol. The highest BCUT2D eigenvalue weighted by atomic mass is 15.2. The first-order valence-corrected chi connectivity index (χ1v) is 5.25. The molecule has 82 valence electrons. The smallest absolute Gasteiger partial charge is 0.0499 e. The SMILES string of the molecule is C=CCC(NN)c1c(C)cc(C)cc1C. The summed E-state index contributed by atoms with van der Waals surface area (Å²) < 4.78 is 0. The van der Waals surface area contributed by atoms with Gasteiger partial charge >= 0.3 is 0 Å². The molecule has 0 aliphatic rings. The van der Waals surface area contributed by atoms with Crippen molar-refractivity contribution in [1.82, 2.24) is 5.43 Å². The number of hydrogen-bond acceptors (Lipinski definition) is 2. The van der Waals surface area contributed by atoms with Gasteiger partial charge < -0.3 is 0 Å². The molecule has 15 heavy (non-hydrogen) atoms. The van der Waals surface area contributed by atoms with E-state index in [1.807, 2.05) is 6.08 Å². The van der Waals surface area contributed by atoms with Crippen LogP contribution in [0, 0.1) is 20.8 Å². The lowest BCUT2D eigenvalue weighted by molar-refractivity contribution is 0.556. The molecule has 0 saturated heterocycles. The first-order valence-electron chi connectivity index (χ1n) is 5.25. The van der Waals surface area contributed by atoms with Gasteiger partial charge in [0, 0.05) is 6.04 Å². The van der Waals surface area contributed by atoms with E-state index in [4.69, 9.17) is 5.84 Å². The van der Waals surface area contributed by atoms with Gasteiger partial charge in [-0.1, -0.05) is 23.8 Å². The summed E-state index contributed by atoms with van der Waals surface area (Å²) in [7, 11) is 0. The second-order valence-corrected chi connectivity index (χ2v) is 4.06. The maximum absolute atomic E-state index is 5.57. The number of rotatable bonds is 4. The number of nitrogens with two attached hydrogens (primary N) is 1. The molecular weight excluding hydrogens is 184 g/mol. The standard InChI is InChI=1S/C13H20N2/c1-5-6-12(15-14)13-10(3)7-9(2)8-11(13)4/h5,7-8,12,15H,1,6,14H2,2-4H3. The van der Waals surface area contributed by atoms with E-state index in [-0.39, 0.29) is 6.04 Å². The van der Waals surface area contributed by atoms with Gasteiger partial charge in [0.2, 0.25) is 0 Å². The summed E-state index contributed by atoms with van der Waals surface area (Å²) in [4.78, 5) is 0. The number of hydrogen-bond donors (Lipinski definition) is 2. The van der Waals surface area contributed by atoms with Crippen molar-refractivity contribution in [3.8, 4) is 0 Å². The van der Waals surface area contributed by atoms with Crippen LogP contribution in [-0.2, 0) is 0 Å². The summed E-state index contributed by atoms with van der Waals surface area (Å²) in [5.41, 5.74) is 8.02. The molecule has 1 unspecified atom stereocenters. The predicted octanol–water partition coefficient (Wildman–Crippen LogP) is 2.69. The third kappa shape index (κ3) is 2.67.